The summed E-state index contributed by atoms with van der Waals surface area (Å²) >= 11 is 0. The Balaban J connectivity index is 2.25. The van der Waals surface area contributed by atoms with Crippen LogP contribution in [0.25, 0.3) is 5.76 Å². The van der Waals surface area contributed by atoms with E-state index in [2.05, 4.69) is 0 Å². The van der Waals surface area contributed by atoms with Gasteiger partial charge in [-0.3, -0.25) is 9.59 Å². The number of aliphatic hydroxyl groups excluding tert-OH is 1. The van der Waals surface area contributed by atoms with E-state index in [0.29, 0.717) is 36.5 Å². The molecular formula is C28H35NO7. The molecule has 0 aromatic heterocycles. The highest BCUT2D eigenvalue weighted by atomic mass is 16.5. The number of hydrogen-bond donors (Lipinski definition) is 2. The fraction of sp³-hybridized carbons (Fsp3) is 0.429. The molecule has 1 unspecified atom stereocenters. The highest BCUT2D eigenvalue weighted by molar-refractivity contribution is 6.46. The second-order valence-corrected chi connectivity index (χ2v) is 9.66. The van der Waals surface area contributed by atoms with Gasteiger partial charge in [0.15, 0.2) is 11.5 Å². The van der Waals surface area contributed by atoms with Crippen molar-refractivity contribution in [3.8, 4) is 17.2 Å². The summed E-state index contributed by atoms with van der Waals surface area (Å²) in [4.78, 5) is 27.9. The zero-order chi connectivity index (χ0) is 26.6. The van der Waals surface area contributed by atoms with Crippen LogP contribution in [0.1, 0.15) is 56.8 Å². The molecule has 1 atom stereocenters. The van der Waals surface area contributed by atoms with E-state index in [1.54, 1.807) is 38.3 Å². The zero-order valence-corrected chi connectivity index (χ0v) is 21.8. The SMILES string of the molecule is CCOc1cc(C2/C(=C(\O)c3cc(C(C)(C)C)ccc3OC)C(=O)C(=O)N2CCCOC)ccc1O. The Morgan fingerprint density at radius 2 is 1.78 bits per heavy atom. The maximum Gasteiger partial charge on any atom is 0.295 e. The number of nitrogens with zero attached hydrogens (tertiary/aromatic N) is 1. The number of methoxy groups -OCH3 is 2. The molecule has 8 nitrogen and oxygen atoms in total. The van der Waals surface area contributed by atoms with Crippen LogP contribution in [0.15, 0.2) is 42.0 Å². The average molecular weight is 498 g/mol. The zero-order valence-electron chi connectivity index (χ0n) is 21.8. The highest BCUT2D eigenvalue weighted by Crippen LogP contribution is 2.43. The first-order valence-electron chi connectivity index (χ1n) is 12.0. The molecule has 1 aliphatic heterocycles. The van der Waals surface area contributed by atoms with Crippen LogP contribution < -0.4 is 9.47 Å². The van der Waals surface area contributed by atoms with Gasteiger partial charge in [-0.25, -0.2) is 0 Å². The van der Waals surface area contributed by atoms with Gasteiger partial charge < -0.3 is 29.3 Å². The maximum atomic E-state index is 13.3. The first-order valence-corrected chi connectivity index (χ1v) is 12.0. The summed E-state index contributed by atoms with van der Waals surface area (Å²) in [5, 5.41) is 21.8. The molecule has 36 heavy (non-hydrogen) atoms. The standard InChI is InChI=1S/C28H35NO7/c1-7-36-22-15-17(9-11-20(22)30)24-23(26(32)27(33)29(24)13-8-14-34-5)25(31)19-16-18(28(2,3)4)10-12-21(19)35-6/h9-12,15-16,24,30-31H,7-8,13-14H2,1-6H3/b25-23+. The van der Waals surface area contributed by atoms with Gasteiger partial charge in [0.05, 0.1) is 30.9 Å². The number of carbonyl (C=O) groups excluding carboxylic acids is 2. The quantitative estimate of drug-likeness (QED) is 0.227. The van der Waals surface area contributed by atoms with E-state index in [1.807, 2.05) is 26.8 Å². The van der Waals surface area contributed by atoms with Crippen LogP contribution >= 0.6 is 0 Å². The van der Waals surface area contributed by atoms with Crippen molar-refractivity contribution >= 4 is 17.4 Å². The van der Waals surface area contributed by atoms with Crippen LogP contribution in [0, 0.1) is 0 Å². The van der Waals surface area contributed by atoms with Crippen LogP contribution in [0.5, 0.6) is 17.2 Å². The molecule has 1 heterocycles. The summed E-state index contributed by atoms with van der Waals surface area (Å²) < 4.78 is 16.2. The van der Waals surface area contributed by atoms with E-state index in [-0.39, 0.29) is 34.8 Å². The molecule has 0 spiro atoms. The van der Waals surface area contributed by atoms with Gasteiger partial charge in [-0.2, -0.15) is 0 Å². The summed E-state index contributed by atoms with van der Waals surface area (Å²) in [5.41, 5.74) is 1.51. The number of phenols is 1. The summed E-state index contributed by atoms with van der Waals surface area (Å²) in [6, 6.07) is 9.22. The van der Waals surface area contributed by atoms with Crippen LogP contribution in [-0.4, -0.2) is 60.8 Å². The molecule has 0 radical (unpaired) electrons. The minimum atomic E-state index is -0.885. The van der Waals surface area contributed by atoms with E-state index < -0.39 is 17.7 Å². The van der Waals surface area contributed by atoms with Crippen molar-refractivity contribution < 1.29 is 34.0 Å². The van der Waals surface area contributed by atoms with Gasteiger partial charge in [0, 0.05) is 20.3 Å². The fourth-order valence-electron chi connectivity index (χ4n) is 4.31. The molecule has 2 aromatic rings. The monoisotopic (exact) mass is 497 g/mol. The third-order valence-electron chi connectivity index (χ3n) is 6.21. The molecule has 3 rings (SSSR count). The Kier molecular flexibility index (Phi) is 8.30. The number of Topliss-reactive ketones (excluding diaryl/α,β-unsaturated/α-hetero) is 1. The second kappa shape index (κ2) is 11.0. The normalized spacial score (nSPS) is 17.5. The lowest BCUT2D eigenvalue weighted by molar-refractivity contribution is -0.140. The van der Waals surface area contributed by atoms with Crippen LogP contribution in [0.4, 0.5) is 0 Å². The van der Waals surface area contributed by atoms with E-state index in [9.17, 15) is 19.8 Å². The number of likely N-dealkylation sites (tertiary alicyclic amines) is 1. The van der Waals surface area contributed by atoms with Crippen LogP contribution in [-0.2, 0) is 19.7 Å². The summed E-state index contributed by atoms with van der Waals surface area (Å²) in [5.74, 6) is -1.27. The van der Waals surface area contributed by atoms with E-state index in [0.717, 1.165) is 5.56 Å². The molecule has 8 heteroatoms. The smallest absolute Gasteiger partial charge is 0.295 e. The second-order valence-electron chi connectivity index (χ2n) is 9.66. The number of carbonyl (C=O) groups is 2. The summed E-state index contributed by atoms with van der Waals surface area (Å²) in [6.07, 6.45) is 0.499. The van der Waals surface area contributed by atoms with E-state index in [4.69, 9.17) is 14.2 Å². The minimum absolute atomic E-state index is 0.0464. The van der Waals surface area contributed by atoms with Crippen molar-refractivity contribution in [2.45, 2.75) is 45.6 Å². The van der Waals surface area contributed by atoms with Crippen molar-refractivity contribution in [3.63, 3.8) is 0 Å². The number of ketones is 1. The first-order chi connectivity index (χ1) is 17.0. The number of aromatic hydroxyl groups is 1. The number of ether oxygens (including phenoxy) is 3. The highest BCUT2D eigenvalue weighted by Gasteiger charge is 2.46. The van der Waals surface area contributed by atoms with Gasteiger partial charge in [0.25, 0.3) is 11.7 Å². The Morgan fingerprint density at radius 3 is 2.39 bits per heavy atom. The van der Waals surface area contributed by atoms with Crippen LogP contribution in [0.3, 0.4) is 0 Å². The van der Waals surface area contributed by atoms with Crippen molar-refractivity contribution in [1.82, 2.24) is 4.90 Å². The predicted octanol–water partition coefficient (Wildman–Crippen LogP) is 4.56. The lowest BCUT2D eigenvalue weighted by Gasteiger charge is -2.26. The van der Waals surface area contributed by atoms with Crippen molar-refractivity contribution in [3.05, 3.63) is 58.7 Å². The van der Waals surface area contributed by atoms with Crippen LogP contribution in [0.2, 0.25) is 0 Å². The van der Waals surface area contributed by atoms with Gasteiger partial charge in [-0.15, -0.1) is 0 Å². The lowest BCUT2D eigenvalue weighted by atomic mass is 9.85. The van der Waals surface area contributed by atoms with Gasteiger partial charge in [-0.05, 0) is 54.2 Å². The third kappa shape index (κ3) is 5.33. The lowest BCUT2D eigenvalue weighted by Crippen LogP contribution is -2.31. The number of aliphatic hydroxyl groups is 1. The van der Waals surface area contributed by atoms with Crippen molar-refractivity contribution in [2.75, 3.05) is 34.0 Å². The topological polar surface area (TPSA) is 106 Å². The Morgan fingerprint density at radius 1 is 1.06 bits per heavy atom. The molecule has 2 aromatic carbocycles. The van der Waals surface area contributed by atoms with Gasteiger partial charge in [0.1, 0.15) is 11.5 Å². The van der Waals surface area contributed by atoms with E-state index in [1.165, 1.54) is 18.1 Å². The van der Waals surface area contributed by atoms with Gasteiger partial charge in [-0.1, -0.05) is 32.9 Å². The molecule has 1 fully saturated rings. The number of hydrogen-bond acceptors (Lipinski definition) is 7. The number of rotatable bonds is 9. The number of amides is 1. The summed E-state index contributed by atoms with van der Waals surface area (Å²) in [7, 11) is 3.05. The van der Waals surface area contributed by atoms with Crippen molar-refractivity contribution in [1.29, 1.82) is 0 Å². The third-order valence-corrected chi connectivity index (χ3v) is 6.21. The fourth-order valence-corrected chi connectivity index (χ4v) is 4.31. The van der Waals surface area contributed by atoms with Gasteiger partial charge >= 0.3 is 0 Å². The molecule has 0 saturated carbocycles. The molecule has 0 bridgehead atoms. The van der Waals surface area contributed by atoms with E-state index >= 15 is 0 Å². The largest absolute Gasteiger partial charge is 0.507 e. The first kappa shape index (κ1) is 27.1. The molecule has 0 aliphatic carbocycles. The molecular weight excluding hydrogens is 462 g/mol. The maximum absolute atomic E-state index is 13.3. The average Bonchev–Trinajstić information content (AvgIpc) is 3.09. The molecule has 194 valence electrons. The minimum Gasteiger partial charge on any atom is -0.507 e. The predicted molar refractivity (Wildman–Crippen MR) is 136 cm³/mol. The molecule has 1 aliphatic rings. The Hall–Kier alpha value is -3.52. The number of benzene rings is 2. The summed E-state index contributed by atoms with van der Waals surface area (Å²) in [6.45, 7) is 8.87. The number of phenolic OH excluding ortho intramolecular Hbond substituents is 1. The molecule has 1 amide bonds. The Labute approximate surface area is 212 Å². The van der Waals surface area contributed by atoms with Gasteiger partial charge in [0.2, 0.25) is 0 Å². The molecule has 2 N–H and O–H groups in total. The molecule has 1 saturated heterocycles. The Bertz CT molecular complexity index is 1160. The van der Waals surface area contributed by atoms with Crippen molar-refractivity contribution in [2.24, 2.45) is 0 Å².